The fourth-order valence-corrected chi connectivity index (χ4v) is 2.40. The highest BCUT2D eigenvalue weighted by Gasteiger charge is 2.44. The molecule has 2 amide bonds. The Morgan fingerprint density at radius 2 is 1.95 bits per heavy atom. The van der Waals surface area contributed by atoms with Crippen molar-refractivity contribution in [1.29, 1.82) is 0 Å². The van der Waals surface area contributed by atoms with Crippen LogP contribution in [0.3, 0.4) is 0 Å². The van der Waals surface area contributed by atoms with Crippen molar-refractivity contribution in [2.75, 3.05) is 13.2 Å². The first-order valence-electron chi connectivity index (χ1n) is 6.99. The molecule has 1 saturated heterocycles. The van der Waals surface area contributed by atoms with Crippen LogP contribution in [-0.4, -0.2) is 42.0 Å². The monoisotopic (exact) mass is 272 g/mol. The molecule has 1 aliphatic heterocycles. The molecule has 4 nitrogen and oxygen atoms in total. The number of halogens is 1. The van der Waals surface area contributed by atoms with Gasteiger partial charge in [-0.25, -0.2) is 0 Å². The summed E-state index contributed by atoms with van der Waals surface area (Å²) < 4.78 is 12.4. The van der Waals surface area contributed by atoms with E-state index in [4.69, 9.17) is 0 Å². The van der Waals surface area contributed by atoms with Crippen molar-refractivity contribution in [3.63, 3.8) is 0 Å². The number of alkyl halides is 1. The van der Waals surface area contributed by atoms with Crippen molar-refractivity contribution in [3.05, 3.63) is 0 Å². The Balaban J connectivity index is 2.94. The van der Waals surface area contributed by atoms with Crippen LogP contribution in [0.2, 0.25) is 0 Å². The van der Waals surface area contributed by atoms with Crippen molar-refractivity contribution in [1.82, 2.24) is 10.2 Å². The Kier molecular flexibility index (Phi) is 5.32. The van der Waals surface area contributed by atoms with Crippen molar-refractivity contribution >= 4 is 11.8 Å². The minimum Gasteiger partial charge on any atom is -0.342 e. The predicted octanol–water partition coefficient (Wildman–Crippen LogP) is 1.89. The fraction of sp³-hybridized carbons (Fsp3) is 0.857. The number of carbonyl (C=O) groups excluding carboxylic acids is 2. The quantitative estimate of drug-likeness (QED) is 0.831. The third-order valence-electron chi connectivity index (χ3n) is 3.46. The number of nitrogens with zero attached hydrogens (tertiary/aromatic N) is 1. The van der Waals surface area contributed by atoms with Gasteiger partial charge in [-0.15, -0.1) is 0 Å². The largest absolute Gasteiger partial charge is 0.342 e. The van der Waals surface area contributed by atoms with Gasteiger partial charge in [0.1, 0.15) is 12.1 Å². The average molecular weight is 272 g/mol. The molecule has 0 aromatic rings. The Labute approximate surface area is 114 Å². The lowest BCUT2D eigenvalue weighted by Gasteiger charge is -2.43. The van der Waals surface area contributed by atoms with E-state index in [1.807, 2.05) is 27.7 Å². The molecular weight excluding hydrogens is 247 g/mol. The van der Waals surface area contributed by atoms with Gasteiger partial charge in [0.25, 0.3) is 0 Å². The summed E-state index contributed by atoms with van der Waals surface area (Å²) >= 11 is 0. The van der Waals surface area contributed by atoms with Gasteiger partial charge >= 0.3 is 0 Å². The van der Waals surface area contributed by atoms with E-state index in [0.29, 0.717) is 13.0 Å². The molecule has 1 N–H and O–H groups in total. The maximum atomic E-state index is 12.5. The van der Waals surface area contributed by atoms with Crippen LogP contribution < -0.4 is 5.32 Å². The fourth-order valence-electron chi connectivity index (χ4n) is 2.40. The van der Waals surface area contributed by atoms with E-state index in [1.54, 1.807) is 4.90 Å². The first-order chi connectivity index (χ1) is 8.82. The van der Waals surface area contributed by atoms with Gasteiger partial charge in [-0.3, -0.25) is 14.0 Å². The molecule has 0 radical (unpaired) electrons. The lowest BCUT2D eigenvalue weighted by Crippen LogP contribution is -2.66. The normalized spacial score (nSPS) is 24.6. The summed E-state index contributed by atoms with van der Waals surface area (Å²) in [5.74, 6) is -0.195. The van der Waals surface area contributed by atoms with Crippen molar-refractivity contribution in [2.45, 2.75) is 59.0 Å². The molecule has 19 heavy (non-hydrogen) atoms. The highest BCUT2D eigenvalue weighted by atomic mass is 19.1. The van der Waals surface area contributed by atoms with Crippen LogP contribution in [0.1, 0.15) is 47.0 Å². The summed E-state index contributed by atoms with van der Waals surface area (Å²) in [7, 11) is 0. The van der Waals surface area contributed by atoms with Gasteiger partial charge in [-0.2, -0.15) is 0 Å². The summed E-state index contributed by atoms with van der Waals surface area (Å²) in [4.78, 5) is 26.2. The summed E-state index contributed by atoms with van der Waals surface area (Å²) in [6.07, 6.45) is 1.73. The minimum atomic E-state index is -0.521. The van der Waals surface area contributed by atoms with Crippen molar-refractivity contribution in [2.24, 2.45) is 5.41 Å². The van der Waals surface area contributed by atoms with Gasteiger partial charge in [0, 0.05) is 6.54 Å². The van der Waals surface area contributed by atoms with Crippen LogP contribution in [-0.2, 0) is 9.59 Å². The molecule has 0 aliphatic carbocycles. The molecule has 0 saturated carbocycles. The molecule has 110 valence electrons. The Bertz CT molecular complexity index is 339. The summed E-state index contributed by atoms with van der Waals surface area (Å²) in [6.45, 7) is 7.58. The van der Waals surface area contributed by atoms with Crippen LogP contribution in [0.15, 0.2) is 0 Å². The standard InChI is InChI=1S/C14H25FN2O2/c1-5-7-10-12(18)16-11(14(2,3)4)13(19)17(10)9-6-8-15/h10-11H,5-9H2,1-4H3,(H,16,18). The molecule has 2 atom stereocenters. The molecular formula is C14H25FN2O2. The zero-order chi connectivity index (χ0) is 14.6. The van der Waals surface area contributed by atoms with Gasteiger partial charge in [0.15, 0.2) is 0 Å². The summed E-state index contributed by atoms with van der Waals surface area (Å²) in [5.41, 5.74) is -0.335. The van der Waals surface area contributed by atoms with Crippen LogP contribution in [0.25, 0.3) is 0 Å². The molecule has 0 spiro atoms. The zero-order valence-corrected chi connectivity index (χ0v) is 12.3. The number of hydrogen-bond donors (Lipinski definition) is 1. The predicted molar refractivity (Wildman–Crippen MR) is 72.4 cm³/mol. The van der Waals surface area contributed by atoms with E-state index in [0.717, 1.165) is 6.42 Å². The lowest BCUT2D eigenvalue weighted by molar-refractivity contribution is -0.152. The smallest absolute Gasteiger partial charge is 0.246 e. The van der Waals surface area contributed by atoms with Crippen LogP contribution in [0, 0.1) is 5.41 Å². The van der Waals surface area contributed by atoms with Crippen LogP contribution in [0.5, 0.6) is 0 Å². The number of rotatable bonds is 5. The second kappa shape index (κ2) is 6.35. The van der Waals surface area contributed by atoms with E-state index in [-0.39, 0.29) is 23.7 Å². The topological polar surface area (TPSA) is 49.4 Å². The third-order valence-corrected chi connectivity index (χ3v) is 3.46. The Morgan fingerprint density at radius 1 is 1.32 bits per heavy atom. The first-order valence-corrected chi connectivity index (χ1v) is 6.99. The second-order valence-corrected chi connectivity index (χ2v) is 6.19. The minimum absolute atomic E-state index is 0.0843. The lowest BCUT2D eigenvalue weighted by atomic mass is 9.83. The molecule has 0 aromatic heterocycles. The summed E-state index contributed by atoms with van der Waals surface area (Å²) in [6, 6.07) is -0.963. The molecule has 5 heteroatoms. The maximum absolute atomic E-state index is 12.5. The zero-order valence-electron chi connectivity index (χ0n) is 12.3. The SMILES string of the molecule is CCCC1C(=O)NC(C(C)(C)C)C(=O)N1CCCF. The molecule has 1 heterocycles. The number of nitrogens with one attached hydrogen (secondary N) is 1. The molecule has 2 unspecified atom stereocenters. The Morgan fingerprint density at radius 3 is 2.42 bits per heavy atom. The van der Waals surface area contributed by atoms with Gasteiger partial charge in [0.2, 0.25) is 11.8 Å². The van der Waals surface area contributed by atoms with Gasteiger partial charge in [0.05, 0.1) is 6.67 Å². The Hall–Kier alpha value is -1.13. The van der Waals surface area contributed by atoms with Crippen molar-refractivity contribution < 1.29 is 14.0 Å². The first kappa shape index (κ1) is 15.9. The van der Waals surface area contributed by atoms with E-state index in [1.165, 1.54) is 0 Å². The van der Waals surface area contributed by atoms with Gasteiger partial charge < -0.3 is 10.2 Å². The van der Waals surface area contributed by atoms with Crippen LogP contribution in [0.4, 0.5) is 4.39 Å². The molecule has 1 aliphatic rings. The van der Waals surface area contributed by atoms with E-state index < -0.39 is 18.8 Å². The molecule has 0 bridgehead atoms. The molecule has 0 aromatic carbocycles. The number of amides is 2. The average Bonchev–Trinajstić information content (AvgIpc) is 2.31. The van der Waals surface area contributed by atoms with Crippen LogP contribution >= 0.6 is 0 Å². The van der Waals surface area contributed by atoms with E-state index >= 15 is 0 Å². The maximum Gasteiger partial charge on any atom is 0.246 e. The second-order valence-electron chi connectivity index (χ2n) is 6.19. The number of piperazine rings is 1. The van der Waals surface area contributed by atoms with Gasteiger partial charge in [-0.05, 0) is 18.3 Å². The highest BCUT2D eigenvalue weighted by Crippen LogP contribution is 2.26. The molecule has 1 fully saturated rings. The third kappa shape index (κ3) is 3.67. The number of hydrogen-bond acceptors (Lipinski definition) is 2. The number of carbonyl (C=O) groups is 2. The van der Waals surface area contributed by atoms with Crippen molar-refractivity contribution in [3.8, 4) is 0 Å². The van der Waals surface area contributed by atoms with E-state index in [9.17, 15) is 14.0 Å². The molecule has 1 rings (SSSR count). The van der Waals surface area contributed by atoms with E-state index in [2.05, 4.69) is 5.32 Å². The van der Waals surface area contributed by atoms with Gasteiger partial charge in [-0.1, -0.05) is 34.1 Å². The summed E-state index contributed by atoms with van der Waals surface area (Å²) in [5, 5.41) is 2.82. The highest BCUT2D eigenvalue weighted by molar-refractivity contribution is 5.97.